The summed E-state index contributed by atoms with van der Waals surface area (Å²) in [5.74, 6) is 0.299. The van der Waals surface area contributed by atoms with Crippen molar-refractivity contribution in [1.82, 2.24) is 0 Å². The van der Waals surface area contributed by atoms with E-state index in [2.05, 4.69) is 87.5 Å². The normalized spacial score (nSPS) is 24.0. The molecule has 0 bridgehead atoms. The number of ether oxygens (including phenoxy) is 4. The van der Waals surface area contributed by atoms with Crippen molar-refractivity contribution in [3.05, 3.63) is 103 Å². The number of rotatable bonds is 13. The van der Waals surface area contributed by atoms with Gasteiger partial charge in [-0.15, -0.1) is 0 Å². The first kappa shape index (κ1) is 34.5. The van der Waals surface area contributed by atoms with Crippen LogP contribution in [0.4, 0.5) is 0 Å². The van der Waals surface area contributed by atoms with Gasteiger partial charge in [-0.1, -0.05) is 112 Å². The predicted octanol–water partition coefficient (Wildman–Crippen LogP) is 6.78. The van der Waals surface area contributed by atoms with Crippen molar-refractivity contribution >= 4 is 18.7 Å². The summed E-state index contributed by atoms with van der Waals surface area (Å²) in [5, 5.41) is 13.8. The average molecular weight is 645 g/mol. The van der Waals surface area contributed by atoms with Crippen LogP contribution in [-0.4, -0.2) is 57.3 Å². The van der Waals surface area contributed by atoms with Crippen molar-refractivity contribution in [3.63, 3.8) is 0 Å². The monoisotopic (exact) mass is 644 g/mol. The molecule has 0 radical (unpaired) electrons. The summed E-state index contributed by atoms with van der Waals surface area (Å²) in [7, 11) is -1.00. The third-order valence-corrected chi connectivity index (χ3v) is 14.4. The van der Waals surface area contributed by atoms with Crippen LogP contribution in [0.25, 0.3) is 0 Å². The molecule has 5 rings (SSSR count). The fourth-order valence-corrected chi connectivity index (χ4v) is 11.7. The van der Waals surface area contributed by atoms with Gasteiger partial charge in [0.05, 0.1) is 25.9 Å². The summed E-state index contributed by atoms with van der Waals surface area (Å²) in [6, 6.07) is 29.3. The van der Waals surface area contributed by atoms with Crippen molar-refractivity contribution < 1.29 is 28.5 Å². The standard InChI is InChI=1S/C39H52O6Si/c1-38(2,3)46(32-15-9-7-10-16-32,33-17-11-8-12-18-33)43-27-26-36-37(45-39(4,5)44-36)34(40)25-22-30-14-13-19-35(30)42-28-29-20-23-31(41-6)24-21-29/h7-12,15-18,20-25,30,34-37,40H,13-14,19,26-28H2,1-6H3/b25-22-/t30-,34?,35-,36?,37?/m1/s1. The smallest absolute Gasteiger partial charge is 0.261 e. The van der Waals surface area contributed by atoms with Crippen molar-refractivity contribution in [2.75, 3.05) is 13.7 Å². The largest absolute Gasteiger partial charge is 0.497 e. The van der Waals surface area contributed by atoms with Gasteiger partial charge in [0.2, 0.25) is 0 Å². The summed E-state index contributed by atoms with van der Waals surface area (Å²) in [4.78, 5) is 0. The highest BCUT2D eigenvalue weighted by Crippen LogP contribution is 2.38. The second kappa shape index (κ2) is 15.0. The minimum Gasteiger partial charge on any atom is -0.497 e. The Morgan fingerprint density at radius 2 is 1.54 bits per heavy atom. The first-order valence-electron chi connectivity index (χ1n) is 16.7. The van der Waals surface area contributed by atoms with Gasteiger partial charge in [0.1, 0.15) is 18.0 Å². The van der Waals surface area contributed by atoms with E-state index in [9.17, 15) is 5.11 Å². The molecule has 6 nitrogen and oxygen atoms in total. The number of hydrogen-bond acceptors (Lipinski definition) is 6. The van der Waals surface area contributed by atoms with Crippen molar-refractivity contribution in [3.8, 4) is 5.75 Å². The van der Waals surface area contributed by atoms with E-state index in [1.165, 1.54) is 10.4 Å². The lowest BCUT2D eigenvalue weighted by molar-refractivity contribution is -0.153. The first-order chi connectivity index (χ1) is 22.0. The minimum atomic E-state index is -2.68. The lowest BCUT2D eigenvalue weighted by Gasteiger charge is -2.43. The number of aliphatic hydroxyl groups is 1. The molecular formula is C39H52O6Si. The zero-order chi connectivity index (χ0) is 32.8. The van der Waals surface area contributed by atoms with Gasteiger partial charge >= 0.3 is 0 Å². The Balaban J connectivity index is 1.25. The first-order valence-corrected chi connectivity index (χ1v) is 18.6. The molecule has 1 heterocycles. The summed E-state index contributed by atoms with van der Waals surface area (Å²) >= 11 is 0. The highest BCUT2D eigenvalue weighted by atomic mass is 28.4. The van der Waals surface area contributed by atoms with Crippen molar-refractivity contribution in [1.29, 1.82) is 0 Å². The van der Waals surface area contributed by atoms with E-state index in [1.807, 2.05) is 44.2 Å². The van der Waals surface area contributed by atoms with E-state index in [0.717, 1.165) is 30.6 Å². The van der Waals surface area contributed by atoms with Gasteiger partial charge in [-0.25, -0.2) is 0 Å². The maximum absolute atomic E-state index is 11.4. The molecule has 7 heteroatoms. The maximum Gasteiger partial charge on any atom is 0.261 e. The summed E-state index contributed by atoms with van der Waals surface area (Å²) in [5.41, 5.74) is 1.12. The molecule has 1 N–H and O–H groups in total. The van der Waals surface area contributed by atoms with Crippen LogP contribution in [0.2, 0.25) is 5.04 Å². The molecule has 1 aliphatic heterocycles. The van der Waals surface area contributed by atoms with Gasteiger partial charge in [-0.2, -0.15) is 0 Å². The SMILES string of the molecule is COc1ccc(CO[C@@H]2CCC[C@@H]2/C=C\C(O)C2OC(C)(C)OC2CCO[Si](c2ccccc2)(c2ccccc2)C(C)(C)C)cc1. The fraction of sp³-hybridized carbons (Fsp3) is 0.487. The number of aliphatic hydroxyl groups excluding tert-OH is 1. The molecule has 5 atom stereocenters. The van der Waals surface area contributed by atoms with Gasteiger partial charge in [-0.05, 0) is 66.2 Å². The minimum absolute atomic E-state index is 0.114. The number of hydrogen-bond donors (Lipinski definition) is 1. The Morgan fingerprint density at radius 3 is 2.13 bits per heavy atom. The Labute approximate surface area is 276 Å². The molecule has 1 saturated heterocycles. The molecule has 3 aromatic carbocycles. The second-order valence-electron chi connectivity index (χ2n) is 14.1. The van der Waals surface area contributed by atoms with Crippen LogP contribution in [0.15, 0.2) is 97.1 Å². The molecule has 2 aliphatic rings. The third-order valence-electron chi connectivity index (χ3n) is 9.38. The third kappa shape index (κ3) is 8.01. The zero-order valence-corrected chi connectivity index (χ0v) is 29.4. The van der Waals surface area contributed by atoms with Gasteiger partial charge < -0.3 is 28.5 Å². The van der Waals surface area contributed by atoms with Crippen LogP contribution < -0.4 is 15.1 Å². The van der Waals surface area contributed by atoms with Gasteiger partial charge in [0, 0.05) is 12.5 Å². The van der Waals surface area contributed by atoms with E-state index in [4.69, 9.17) is 23.4 Å². The van der Waals surface area contributed by atoms with Gasteiger partial charge in [0.15, 0.2) is 5.79 Å². The molecule has 0 aromatic heterocycles. The maximum atomic E-state index is 11.4. The second-order valence-corrected chi connectivity index (χ2v) is 18.4. The molecule has 0 spiro atoms. The molecule has 3 aromatic rings. The van der Waals surface area contributed by atoms with Crippen LogP contribution >= 0.6 is 0 Å². The van der Waals surface area contributed by atoms with E-state index in [0.29, 0.717) is 19.6 Å². The molecule has 0 amide bonds. The highest BCUT2D eigenvalue weighted by molar-refractivity contribution is 6.99. The van der Waals surface area contributed by atoms with Crippen LogP contribution in [0.1, 0.15) is 65.9 Å². The lowest BCUT2D eigenvalue weighted by atomic mass is 10.0. The van der Waals surface area contributed by atoms with Crippen molar-refractivity contribution in [2.24, 2.45) is 5.92 Å². The van der Waals surface area contributed by atoms with E-state index < -0.39 is 26.3 Å². The van der Waals surface area contributed by atoms with Crippen LogP contribution in [0.3, 0.4) is 0 Å². The lowest BCUT2D eigenvalue weighted by Crippen LogP contribution is -2.66. The Hall–Kier alpha value is -2.78. The van der Waals surface area contributed by atoms with E-state index >= 15 is 0 Å². The predicted molar refractivity (Wildman–Crippen MR) is 186 cm³/mol. The van der Waals surface area contributed by atoms with Crippen LogP contribution in [-0.2, 0) is 25.2 Å². The summed E-state index contributed by atoms with van der Waals surface area (Å²) in [6.07, 6.45) is 6.32. The van der Waals surface area contributed by atoms with E-state index in [-0.39, 0.29) is 23.2 Å². The molecular weight excluding hydrogens is 593 g/mol. The number of methoxy groups -OCH3 is 1. The quantitative estimate of drug-likeness (QED) is 0.163. The topological polar surface area (TPSA) is 66.4 Å². The molecule has 1 aliphatic carbocycles. The van der Waals surface area contributed by atoms with Crippen molar-refractivity contribution in [2.45, 2.75) is 102 Å². The summed E-state index contributed by atoms with van der Waals surface area (Å²) in [6.45, 7) is 11.7. The average Bonchev–Trinajstić information content (AvgIpc) is 3.63. The molecule has 2 fully saturated rings. The Bertz CT molecular complexity index is 1350. The van der Waals surface area contributed by atoms with Crippen LogP contribution in [0, 0.1) is 5.92 Å². The van der Waals surface area contributed by atoms with Crippen LogP contribution in [0.5, 0.6) is 5.75 Å². The fourth-order valence-electron chi connectivity index (χ4n) is 7.14. The Morgan fingerprint density at radius 1 is 0.913 bits per heavy atom. The molecule has 248 valence electrons. The van der Waals surface area contributed by atoms with Gasteiger partial charge in [0.25, 0.3) is 8.32 Å². The molecule has 46 heavy (non-hydrogen) atoms. The van der Waals surface area contributed by atoms with Gasteiger partial charge in [-0.3, -0.25) is 0 Å². The zero-order valence-electron chi connectivity index (χ0n) is 28.4. The Kier molecular flexibility index (Phi) is 11.2. The molecule has 1 saturated carbocycles. The summed E-state index contributed by atoms with van der Waals surface area (Å²) < 4.78 is 31.4. The highest BCUT2D eigenvalue weighted by Gasteiger charge is 2.51. The number of benzene rings is 3. The van der Waals surface area contributed by atoms with E-state index in [1.54, 1.807) is 7.11 Å². The molecule has 3 unspecified atom stereocenters.